The summed E-state index contributed by atoms with van der Waals surface area (Å²) in [7, 11) is 0. The molecule has 0 radical (unpaired) electrons. The minimum atomic E-state index is -1.43. The van der Waals surface area contributed by atoms with Gasteiger partial charge in [-0.05, 0) is 0 Å². The van der Waals surface area contributed by atoms with Crippen LogP contribution in [0, 0.1) is 0 Å². The van der Waals surface area contributed by atoms with Crippen LogP contribution in [0.25, 0.3) is 0 Å². The number of rotatable bonds is 1. The fourth-order valence-corrected chi connectivity index (χ4v) is 0. The molecule has 0 rings (SSSR count). The Balaban J connectivity index is 0. The van der Waals surface area contributed by atoms with Gasteiger partial charge >= 0.3 is 5.97 Å². The first kappa shape index (κ1) is 8.92. The van der Waals surface area contributed by atoms with Gasteiger partial charge in [0.15, 0.2) is 0 Å². The van der Waals surface area contributed by atoms with Gasteiger partial charge < -0.3 is 10.6 Å². The first-order valence-corrected chi connectivity index (χ1v) is 0.952. The van der Waals surface area contributed by atoms with Crippen LogP contribution in [0.15, 0.2) is 0 Å². The van der Waals surface area contributed by atoms with E-state index in [2.05, 4.69) is 0 Å². The molecule has 0 bridgehead atoms. The average Bonchev–Trinajstić information content (AvgIpc) is 1.38. The Labute approximate surface area is 33.7 Å². The Hall–Kier alpha value is -0.900. The minimum Gasteiger partial charge on any atom is -0.476 e. The van der Waals surface area contributed by atoms with E-state index in [1.54, 1.807) is 0 Å². The van der Waals surface area contributed by atoms with Gasteiger partial charge in [-0.3, -0.25) is 4.79 Å². The standard InChI is InChI=1S/C2H2O3.H2O/c3-1-2(4)5;/h1H,(H,4,5);1H2. The average molecular weight is 92.0 g/mol. The zero-order valence-electron chi connectivity index (χ0n) is 2.84. The molecular formula is C2H4O4. The first-order chi connectivity index (χ1) is 2.27. The molecule has 4 nitrogen and oxygen atoms in total. The summed E-state index contributed by atoms with van der Waals surface area (Å²) in [5.74, 6) is -1.43. The first-order valence-electron chi connectivity index (χ1n) is 0.952. The van der Waals surface area contributed by atoms with Crippen LogP contribution in [0.1, 0.15) is 0 Å². The Morgan fingerprint density at radius 2 is 1.83 bits per heavy atom. The molecule has 6 heavy (non-hydrogen) atoms. The molecule has 0 aliphatic heterocycles. The van der Waals surface area contributed by atoms with E-state index in [4.69, 9.17) is 14.7 Å². The van der Waals surface area contributed by atoms with Crippen LogP contribution in [0.3, 0.4) is 0 Å². The summed E-state index contributed by atoms with van der Waals surface area (Å²) < 4.78 is 0. The minimum absolute atomic E-state index is 0. The van der Waals surface area contributed by atoms with E-state index in [0.29, 0.717) is 0 Å². The number of aldehydes is 1. The molecule has 0 fully saturated rings. The molecule has 0 atom stereocenters. The zero-order chi connectivity index (χ0) is 4.28. The van der Waals surface area contributed by atoms with Crippen molar-refractivity contribution in [2.45, 2.75) is 0 Å². The van der Waals surface area contributed by atoms with Crippen molar-refractivity contribution in [3.63, 3.8) is 0 Å². The molecule has 3 N–H and O–H groups in total. The van der Waals surface area contributed by atoms with E-state index >= 15 is 0 Å². The molecule has 0 aromatic rings. The summed E-state index contributed by atoms with van der Waals surface area (Å²) in [5, 5.41) is 7.35. The molecule has 36 valence electrons. The number of carboxylic acids is 1. The summed E-state index contributed by atoms with van der Waals surface area (Å²) in [6.45, 7) is 0. The molecule has 0 spiro atoms. The molecule has 0 aromatic heterocycles. The van der Waals surface area contributed by atoms with Gasteiger partial charge in [-0.1, -0.05) is 0 Å². The maximum absolute atomic E-state index is 9.00. The van der Waals surface area contributed by atoms with Crippen LogP contribution in [0.2, 0.25) is 0 Å². The molecule has 4 heteroatoms. The maximum atomic E-state index is 9.00. The molecule has 0 unspecified atom stereocenters. The van der Waals surface area contributed by atoms with E-state index in [9.17, 15) is 0 Å². The van der Waals surface area contributed by atoms with Gasteiger partial charge in [0.2, 0.25) is 6.29 Å². The molecule has 0 aliphatic carbocycles. The summed E-state index contributed by atoms with van der Waals surface area (Å²) in [6.07, 6.45) is -0.167. The maximum Gasteiger partial charge on any atom is 0.368 e. The molecular weight excluding hydrogens is 88.0 g/mol. The normalized spacial score (nSPS) is 5.33. The van der Waals surface area contributed by atoms with Crippen molar-refractivity contribution >= 4 is 12.3 Å². The highest BCUT2D eigenvalue weighted by Gasteiger charge is 1.80. The van der Waals surface area contributed by atoms with Gasteiger partial charge in [-0.25, -0.2) is 4.79 Å². The second kappa shape index (κ2) is 4.10. The quantitative estimate of drug-likeness (QED) is 0.313. The highest BCUT2D eigenvalue weighted by molar-refractivity contribution is 6.19. The molecule has 0 aliphatic rings. The third-order valence-electron chi connectivity index (χ3n) is 0.101. The van der Waals surface area contributed by atoms with Gasteiger partial charge in [-0.15, -0.1) is 0 Å². The number of carbonyl (C=O) groups is 2. The second-order valence-electron chi connectivity index (χ2n) is 0.456. The largest absolute Gasteiger partial charge is 0.476 e. The molecule has 0 amide bonds. The van der Waals surface area contributed by atoms with Crippen LogP contribution < -0.4 is 0 Å². The second-order valence-corrected chi connectivity index (χ2v) is 0.456. The SMILES string of the molecule is O.O=CC(=O)O. The number of carboxylic acid groups (broad SMARTS) is 1. The zero-order valence-corrected chi connectivity index (χ0v) is 2.84. The van der Waals surface area contributed by atoms with Gasteiger partial charge in [0.05, 0.1) is 0 Å². The van der Waals surface area contributed by atoms with E-state index in [1.165, 1.54) is 0 Å². The molecule has 0 saturated heterocycles. The lowest BCUT2D eigenvalue weighted by molar-refractivity contribution is -0.143. The van der Waals surface area contributed by atoms with E-state index in [0.717, 1.165) is 0 Å². The predicted octanol–water partition coefficient (Wildman–Crippen LogP) is -1.55. The van der Waals surface area contributed by atoms with Crippen molar-refractivity contribution in [1.29, 1.82) is 0 Å². The van der Waals surface area contributed by atoms with Crippen molar-refractivity contribution in [2.75, 3.05) is 0 Å². The van der Waals surface area contributed by atoms with Crippen molar-refractivity contribution < 1.29 is 20.2 Å². The fraction of sp³-hybridized carbons (Fsp3) is 0. The highest BCUT2D eigenvalue weighted by Crippen LogP contribution is 1.39. The van der Waals surface area contributed by atoms with E-state index in [-0.39, 0.29) is 11.8 Å². The lowest BCUT2D eigenvalue weighted by atomic mass is 10.8. The molecule has 0 saturated carbocycles. The predicted molar refractivity (Wildman–Crippen MR) is 17.3 cm³/mol. The lowest BCUT2D eigenvalue weighted by Gasteiger charge is -1.59. The summed E-state index contributed by atoms with van der Waals surface area (Å²) in [5.41, 5.74) is 0. The van der Waals surface area contributed by atoms with Crippen molar-refractivity contribution in [2.24, 2.45) is 0 Å². The Kier molecular flexibility index (Phi) is 6.10. The van der Waals surface area contributed by atoms with Crippen LogP contribution in [-0.4, -0.2) is 22.8 Å². The Morgan fingerprint density at radius 1 is 1.67 bits per heavy atom. The third kappa shape index (κ3) is 11.3. The van der Waals surface area contributed by atoms with Crippen molar-refractivity contribution in [3.05, 3.63) is 0 Å². The Bertz CT molecular complexity index is 56.6. The van der Waals surface area contributed by atoms with Gasteiger partial charge in [0.25, 0.3) is 0 Å². The smallest absolute Gasteiger partial charge is 0.368 e. The molecule has 0 heterocycles. The van der Waals surface area contributed by atoms with Crippen LogP contribution in [0.4, 0.5) is 0 Å². The van der Waals surface area contributed by atoms with E-state index < -0.39 is 5.97 Å². The number of aliphatic carboxylic acids is 1. The van der Waals surface area contributed by atoms with Crippen LogP contribution >= 0.6 is 0 Å². The summed E-state index contributed by atoms with van der Waals surface area (Å²) in [4.78, 5) is 17.9. The van der Waals surface area contributed by atoms with Crippen molar-refractivity contribution in [1.82, 2.24) is 0 Å². The number of hydrogen-bond donors (Lipinski definition) is 1. The van der Waals surface area contributed by atoms with Gasteiger partial charge in [0.1, 0.15) is 0 Å². The molecule has 0 aromatic carbocycles. The van der Waals surface area contributed by atoms with Crippen molar-refractivity contribution in [3.8, 4) is 0 Å². The fourth-order valence-electron chi connectivity index (χ4n) is 0. The van der Waals surface area contributed by atoms with Gasteiger partial charge in [0, 0.05) is 0 Å². The highest BCUT2D eigenvalue weighted by atomic mass is 16.4. The monoisotopic (exact) mass is 92.0 g/mol. The summed E-state index contributed by atoms with van der Waals surface area (Å²) >= 11 is 0. The Morgan fingerprint density at radius 3 is 1.83 bits per heavy atom. The third-order valence-corrected chi connectivity index (χ3v) is 0.101. The lowest BCUT2D eigenvalue weighted by Crippen LogP contribution is -1.91. The van der Waals surface area contributed by atoms with Crippen LogP contribution in [0.5, 0.6) is 0 Å². The van der Waals surface area contributed by atoms with Crippen LogP contribution in [-0.2, 0) is 9.59 Å². The topological polar surface area (TPSA) is 85.9 Å². The van der Waals surface area contributed by atoms with Gasteiger partial charge in [-0.2, -0.15) is 0 Å². The van der Waals surface area contributed by atoms with E-state index in [1.807, 2.05) is 0 Å². The summed E-state index contributed by atoms with van der Waals surface area (Å²) in [6, 6.07) is 0. The number of carbonyl (C=O) groups excluding carboxylic acids is 1. The number of hydrogen-bond acceptors (Lipinski definition) is 2.